The van der Waals surface area contributed by atoms with Crippen molar-refractivity contribution in [2.24, 2.45) is 0 Å². The molecule has 0 saturated carbocycles. The van der Waals surface area contributed by atoms with Crippen molar-refractivity contribution in [2.45, 2.75) is 38.6 Å². The number of carbonyl (C=O) groups excluding carboxylic acids is 2. The summed E-state index contributed by atoms with van der Waals surface area (Å²) in [4.78, 5) is 36.5. The highest BCUT2D eigenvalue weighted by Gasteiger charge is 2.30. The quantitative estimate of drug-likeness (QED) is 0.431. The molecule has 0 aromatic heterocycles. The topological polar surface area (TPSA) is 105 Å². The molecule has 4 rings (SSSR count). The van der Waals surface area contributed by atoms with Gasteiger partial charge in [0.1, 0.15) is 6.61 Å². The molecule has 0 atom stereocenters. The summed E-state index contributed by atoms with van der Waals surface area (Å²) in [5.74, 6) is -1.46. The van der Waals surface area contributed by atoms with E-state index >= 15 is 0 Å². The minimum atomic E-state index is -1.06. The lowest BCUT2D eigenvalue weighted by molar-refractivity contribution is -0.117. The van der Waals surface area contributed by atoms with E-state index in [1.165, 1.54) is 6.07 Å². The van der Waals surface area contributed by atoms with E-state index in [4.69, 9.17) is 4.74 Å². The standard InChI is InChI=1S/C28H28N2O5/c1-17-12-13-18(14-23(17)26(32)33)29-25(31)15-28(2,3)30-27(34)35-16-24-21-10-6-4-8-19(21)20-9-5-7-11-22(20)24/h4-14,24H,15-16H2,1-3H3,(H,29,31)(H,30,34)(H,32,33). The molecule has 1 aliphatic rings. The Bertz CT molecular complexity index is 1250. The molecule has 0 saturated heterocycles. The summed E-state index contributed by atoms with van der Waals surface area (Å²) in [7, 11) is 0. The molecule has 2 amide bonds. The van der Waals surface area contributed by atoms with Crippen LogP contribution < -0.4 is 10.6 Å². The maximum absolute atomic E-state index is 12.6. The van der Waals surface area contributed by atoms with E-state index < -0.39 is 17.6 Å². The first-order valence-corrected chi connectivity index (χ1v) is 11.4. The van der Waals surface area contributed by atoms with Gasteiger partial charge in [-0.15, -0.1) is 0 Å². The number of alkyl carbamates (subject to hydrolysis) is 1. The lowest BCUT2D eigenvalue weighted by Gasteiger charge is -2.26. The summed E-state index contributed by atoms with van der Waals surface area (Å²) < 4.78 is 5.58. The molecule has 3 aromatic carbocycles. The first-order valence-electron chi connectivity index (χ1n) is 11.4. The van der Waals surface area contributed by atoms with Crippen molar-refractivity contribution in [3.05, 3.63) is 89.0 Å². The number of rotatable bonds is 7. The van der Waals surface area contributed by atoms with Crippen LogP contribution in [0.4, 0.5) is 10.5 Å². The Hall–Kier alpha value is -4.13. The zero-order valence-corrected chi connectivity index (χ0v) is 19.9. The van der Waals surface area contributed by atoms with Crippen molar-refractivity contribution in [3.63, 3.8) is 0 Å². The van der Waals surface area contributed by atoms with Crippen LogP contribution in [0.25, 0.3) is 11.1 Å². The fourth-order valence-corrected chi connectivity index (χ4v) is 4.49. The van der Waals surface area contributed by atoms with Crippen LogP contribution in [0.15, 0.2) is 66.7 Å². The van der Waals surface area contributed by atoms with Crippen LogP contribution in [0.3, 0.4) is 0 Å². The smallest absolute Gasteiger partial charge is 0.407 e. The van der Waals surface area contributed by atoms with Gasteiger partial charge in [0.05, 0.1) is 5.56 Å². The van der Waals surface area contributed by atoms with Crippen LogP contribution in [0.1, 0.15) is 53.2 Å². The normalized spacial score (nSPS) is 12.4. The predicted molar refractivity (Wildman–Crippen MR) is 134 cm³/mol. The molecule has 180 valence electrons. The number of carboxylic acid groups (broad SMARTS) is 1. The number of hydrogen-bond acceptors (Lipinski definition) is 4. The fraction of sp³-hybridized carbons (Fsp3) is 0.250. The van der Waals surface area contributed by atoms with Crippen molar-refractivity contribution in [2.75, 3.05) is 11.9 Å². The third-order valence-electron chi connectivity index (χ3n) is 6.14. The zero-order chi connectivity index (χ0) is 25.2. The van der Waals surface area contributed by atoms with E-state index in [0.717, 1.165) is 22.3 Å². The number of nitrogens with one attached hydrogen (secondary N) is 2. The summed E-state index contributed by atoms with van der Waals surface area (Å²) in [5, 5.41) is 14.7. The van der Waals surface area contributed by atoms with E-state index in [1.807, 2.05) is 24.3 Å². The summed E-state index contributed by atoms with van der Waals surface area (Å²) in [5.41, 5.74) is 4.78. The third-order valence-corrected chi connectivity index (χ3v) is 6.14. The van der Waals surface area contributed by atoms with Crippen molar-refractivity contribution < 1.29 is 24.2 Å². The average molecular weight is 473 g/mol. The SMILES string of the molecule is Cc1ccc(NC(=O)CC(C)(C)NC(=O)OCC2c3ccccc3-c3ccccc32)cc1C(=O)O. The zero-order valence-electron chi connectivity index (χ0n) is 19.9. The van der Waals surface area contributed by atoms with Gasteiger partial charge in [-0.3, -0.25) is 4.79 Å². The lowest BCUT2D eigenvalue weighted by Crippen LogP contribution is -2.46. The van der Waals surface area contributed by atoms with Crippen molar-refractivity contribution in [3.8, 4) is 11.1 Å². The molecule has 3 N–H and O–H groups in total. The van der Waals surface area contributed by atoms with E-state index in [9.17, 15) is 19.5 Å². The van der Waals surface area contributed by atoms with Gasteiger partial charge in [0.2, 0.25) is 5.91 Å². The van der Waals surface area contributed by atoms with Gasteiger partial charge < -0.3 is 20.5 Å². The van der Waals surface area contributed by atoms with E-state index in [0.29, 0.717) is 11.3 Å². The molecule has 0 fully saturated rings. The van der Waals surface area contributed by atoms with Gasteiger partial charge in [-0.2, -0.15) is 0 Å². The van der Waals surface area contributed by atoms with E-state index in [1.54, 1.807) is 32.9 Å². The summed E-state index contributed by atoms with van der Waals surface area (Å²) in [6.45, 7) is 5.33. The number of amides is 2. The summed E-state index contributed by atoms with van der Waals surface area (Å²) in [6.07, 6.45) is -0.624. The molecule has 7 nitrogen and oxygen atoms in total. The van der Waals surface area contributed by atoms with Crippen LogP contribution in [-0.2, 0) is 9.53 Å². The largest absolute Gasteiger partial charge is 0.478 e. The average Bonchev–Trinajstić information content (AvgIpc) is 3.12. The molecule has 1 aliphatic carbocycles. The minimum Gasteiger partial charge on any atom is -0.478 e. The first kappa shape index (κ1) is 24.0. The number of anilines is 1. The van der Waals surface area contributed by atoms with E-state index in [2.05, 4.69) is 34.9 Å². The monoisotopic (exact) mass is 472 g/mol. The number of carboxylic acids is 1. The summed E-state index contributed by atoms with van der Waals surface area (Å²) >= 11 is 0. The number of carbonyl (C=O) groups is 3. The van der Waals surface area contributed by atoms with Gasteiger partial charge in [-0.1, -0.05) is 54.6 Å². The predicted octanol–water partition coefficient (Wildman–Crippen LogP) is 5.34. The number of fused-ring (bicyclic) bond motifs is 3. The van der Waals surface area contributed by atoms with Crippen LogP contribution in [0.5, 0.6) is 0 Å². The molecule has 0 aliphatic heterocycles. The Kier molecular flexibility index (Phi) is 6.60. The molecular formula is C28H28N2O5. The van der Waals surface area contributed by atoms with Crippen LogP contribution in [-0.4, -0.2) is 35.2 Å². The Labute approximate surface area is 204 Å². The van der Waals surface area contributed by atoms with Crippen molar-refractivity contribution in [1.82, 2.24) is 5.32 Å². The highest BCUT2D eigenvalue weighted by atomic mass is 16.5. The van der Waals surface area contributed by atoms with Crippen LogP contribution >= 0.6 is 0 Å². The van der Waals surface area contributed by atoms with E-state index in [-0.39, 0.29) is 30.4 Å². The highest BCUT2D eigenvalue weighted by Crippen LogP contribution is 2.44. The Balaban J connectivity index is 1.35. The van der Waals surface area contributed by atoms with Gasteiger partial charge in [0, 0.05) is 23.6 Å². The second-order valence-electron chi connectivity index (χ2n) is 9.39. The molecular weight excluding hydrogens is 444 g/mol. The Morgan fingerprint density at radius 1 is 0.943 bits per heavy atom. The maximum atomic E-state index is 12.6. The van der Waals surface area contributed by atoms with Gasteiger partial charge >= 0.3 is 12.1 Å². The van der Waals surface area contributed by atoms with Crippen LogP contribution in [0, 0.1) is 6.92 Å². The Morgan fingerprint density at radius 3 is 2.14 bits per heavy atom. The number of aryl methyl sites for hydroxylation is 1. The molecule has 0 bridgehead atoms. The first-order chi connectivity index (χ1) is 16.6. The third kappa shape index (κ3) is 5.35. The number of aromatic carboxylic acids is 1. The minimum absolute atomic E-state index is 0.0204. The molecule has 3 aromatic rings. The summed E-state index contributed by atoms with van der Waals surface area (Å²) in [6, 6.07) is 20.9. The van der Waals surface area contributed by atoms with Gasteiger partial charge in [0.15, 0.2) is 0 Å². The molecule has 7 heteroatoms. The Morgan fingerprint density at radius 2 is 1.54 bits per heavy atom. The van der Waals surface area contributed by atoms with Gasteiger partial charge in [0.25, 0.3) is 0 Å². The van der Waals surface area contributed by atoms with Crippen molar-refractivity contribution >= 4 is 23.7 Å². The molecule has 0 heterocycles. The number of hydrogen-bond donors (Lipinski definition) is 3. The molecule has 0 spiro atoms. The number of benzene rings is 3. The van der Waals surface area contributed by atoms with Crippen LogP contribution in [0.2, 0.25) is 0 Å². The maximum Gasteiger partial charge on any atom is 0.407 e. The molecule has 0 unspecified atom stereocenters. The fourth-order valence-electron chi connectivity index (χ4n) is 4.49. The highest BCUT2D eigenvalue weighted by molar-refractivity contribution is 5.95. The van der Waals surface area contributed by atoms with Gasteiger partial charge in [-0.05, 0) is 60.7 Å². The van der Waals surface area contributed by atoms with Gasteiger partial charge in [-0.25, -0.2) is 9.59 Å². The molecule has 35 heavy (non-hydrogen) atoms. The second-order valence-corrected chi connectivity index (χ2v) is 9.39. The lowest BCUT2D eigenvalue weighted by atomic mass is 9.98. The van der Waals surface area contributed by atoms with Crippen molar-refractivity contribution in [1.29, 1.82) is 0 Å². The second kappa shape index (κ2) is 9.62. The molecule has 0 radical (unpaired) electrons. The number of ether oxygens (including phenoxy) is 1.